The van der Waals surface area contributed by atoms with Crippen LogP contribution in [0, 0.1) is 5.92 Å². The molecular formula is C16H29N3O. The molecule has 0 spiro atoms. The summed E-state index contributed by atoms with van der Waals surface area (Å²) in [6.07, 6.45) is 9.23. The quantitative estimate of drug-likeness (QED) is 0.853. The van der Waals surface area contributed by atoms with Crippen LogP contribution >= 0.6 is 0 Å². The van der Waals surface area contributed by atoms with Gasteiger partial charge in [0, 0.05) is 31.1 Å². The standard InChI is InChI=1S/C16H29N3O/c17-14-6-3-5-13(11-14)16(20)19-10-4-7-15(19)12-18-8-1-2-9-18/h13-15H,1-12,17H2/t13-,14-,15-/m1/s1. The summed E-state index contributed by atoms with van der Waals surface area (Å²) in [6, 6.07) is 0.719. The lowest BCUT2D eigenvalue weighted by Gasteiger charge is -2.34. The van der Waals surface area contributed by atoms with Gasteiger partial charge in [0.15, 0.2) is 0 Å². The molecule has 0 aromatic rings. The zero-order chi connectivity index (χ0) is 13.9. The van der Waals surface area contributed by atoms with Crippen molar-refractivity contribution in [1.82, 2.24) is 9.80 Å². The summed E-state index contributed by atoms with van der Waals surface area (Å²) in [4.78, 5) is 17.5. The van der Waals surface area contributed by atoms with Crippen LogP contribution in [0.15, 0.2) is 0 Å². The van der Waals surface area contributed by atoms with Crippen LogP contribution in [0.5, 0.6) is 0 Å². The maximum absolute atomic E-state index is 12.8. The molecule has 1 aliphatic carbocycles. The van der Waals surface area contributed by atoms with Gasteiger partial charge in [-0.1, -0.05) is 6.42 Å². The van der Waals surface area contributed by atoms with Crippen LogP contribution in [0.3, 0.4) is 0 Å². The monoisotopic (exact) mass is 279 g/mol. The molecule has 2 saturated heterocycles. The lowest BCUT2D eigenvalue weighted by atomic mass is 9.85. The second kappa shape index (κ2) is 6.44. The number of rotatable bonds is 3. The number of nitrogens with two attached hydrogens (primary N) is 1. The highest BCUT2D eigenvalue weighted by Crippen LogP contribution is 2.29. The third-order valence-corrected chi connectivity index (χ3v) is 5.39. The fourth-order valence-electron chi connectivity index (χ4n) is 4.27. The molecule has 0 unspecified atom stereocenters. The smallest absolute Gasteiger partial charge is 0.226 e. The van der Waals surface area contributed by atoms with Crippen molar-refractivity contribution in [2.75, 3.05) is 26.2 Å². The van der Waals surface area contributed by atoms with Crippen molar-refractivity contribution >= 4 is 5.91 Å². The first-order valence-corrected chi connectivity index (χ1v) is 8.52. The molecular weight excluding hydrogens is 250 g/mol. The normalized spacial score (nSPS) is 35.6. The van der Waals surface area contributed by atoms with Gasteiger partial charge in [0.1, 0.15) is 0 Å². The van der Waals surface area contributed by atoms with Gasteiger partial charge in [0.2, 0.25) is 5.91 Å². The van der Waals surface area contributed by atoms with E-state index in [4.69, 9.17) is 5.73 Å². The molecule has 2 N–H and O–H groups in total. The molecule has 4 nitrogen and oxygen atoms in total. The predicted molar refractivity (Wildman–Crippen MR) is 80.3 cm³/mol. The molecule has 114 valence electrons. The molecule has 4 heteroatoms. The maximum Gasteiger partial charge on any atom is 0.226 e. The molecule has 3 aliphatic rings. The molecule has 3 rings (SSSR count). The van der Waals surface area contributed by atoms with Gasteiger partial charge < -0.3 is 15.5 Å². The van der Waals surface area contributed by atoms with Crippen LogP contribution in [0.4, 0.5) is 0 Å². The topological polar surface area (TPSA) is 49.6 Å². The summed E-state index contributed by atoms with van der Waals surface area (Å²) < 4.78 is 0. The molecule has 1 amide bonds. The number of amides is 1. The summed E-state index contributed by atoms with van der Waals surface area (Å²) >= 11 is 0. The number of carbonyl (C=O) groups is 1. The van der Waals surface area contributed by atoms with Crippen molar-refractivity contribution in [2.24, 2.45) is 11.7 Å². The van der Waals surface area contributed by atoms with Crippen LogP contribution in [0.1, 0.15) is 51.4 Å². The van der Waals surface area contributed by atoms with Crippen molar-refractivity contribution in [3.8, 4) is 0 Å². The molecule has 20 heavy (non-hydrogen) atoms. The van der Waals surface area contributed by atoms with Gasteiger partial charge in [-0.25, -0.2) is 0 Å². The van der Waals surface area contributed by atoms with E-state index in [1.165, 1.54) is 38.8 Å². The van der Waals surface area contributed by atoms with E-state index in [0.717, 1.165) is 38.8 Å². The van der Waals surface area contributed by atoms with Crippen molar-refractivity contribution < 1.29 is 4.79 Å². The lowest BCUT2D eigenvalue weighted by Crippen LogP contribution is -2.46. The van der Waals surface area contributed by atoms with Gasteiger partial charge >= 0.3 is 0 Å². The van der Waals surface area contributed by atoms with E-state index in [9.17, 15) is 4.79 Å². The van der Waals surface area contributed by atoms with E-state index < -0.39 is 0 Å². The van der Waals surface area contributed by atoms with E-state index in [2.05, 4.69) is 9.80 Å². The molecule has 1 saturated carbocycles. The van der Waals surface area contributed by atoms with Gasteiger partial charge in [0.05, 0.1) is 0 Å². The second-order valence-electron chi connectivity index (χ2n) is 6.96. The zero-order valence-electron chi connectivity index (χ0n) is 12.6. The average Bonchev–Trinajstić information content (AvgIpc) is 3.10. The minimum Gasteiger partial charge on any atom is -0.338 e. The van der Waals surface area contributed by atoms with E-state index in [-0.39, 0.29) is 12.0 Å². The zero-order valence-corrected chi connectivity index (χ0v) is 12.6. The van der Waals surface area contributed by atoms with Gasteiger partial charge in [-0.15, -0.1) is 0 Å². The number of carbonyl (C=O) groups excluding carboxylic acids is 1. The van der Waals surface area contributed by atoms with Crippen LogP contribution in [-0.4, -0.2) is 54.0 Å². The van der Waals surface area contributed by atoms with Crippen molar-refractivity contribution in [2.45, 2.75) is 63.5 Å². The Balaban J connectivity index is 1.57. The highest BCUT2D eigenvalue weighted by molar-refractivity contribution is 5.79. The fourth-order valence-corrected chi connectivity index (χ4v) is 4.27. The Morgan fingerprint density at radius 3 is 2.55 bits per heavy atom. The third-order valence-electron chi connectivity index (χ3n) is 5.39. The maximum atomic E-state index is 12.8. The van der Waals surface area contributed by atoms with Gasteiger partial charge in [-0.3, -0.25) is 4.79 Å². The Morgan fingerprint density at radius 2 is 1.80 bits per heavy atom. The average molecular weight is 279 g/mol. The van der Waals surface area contributed by atoms with Crippen molar-refractivity contribution in [1.29, 1.82) is 0 Å². The number of nitrogens with zero attached hydrogens (tertiary/aromatic N) is 2. The van der Waals surface area contributed by atoms with Gasteiger partial charge in [-0.2, -0.15) is 0 Å². The molecule has 0 aromatic heterocycles. The first kappa shape index (κ1) is 14.3. The molecule has 3 fully saturated rings. The van der Waals surface area contributed by atoms with E-state index in [1.807, 2.05) is 0 Å². The number of likely N-dealkylation sites (tertiary alicyclic amines) is 2. The summed E-state index contributed by atoms with van der Waals surface area (Å²) in [6.45, 7) is 4.53. The minimum absolute atomic E-state index is 0.206. The first-order valence-electron chi connectivity index (χ1n) is 8.52. The van der Waals surface area contributed by atoms with Crippen molar-refractivity contribution in [3.63, 3.8) is 0 Å². The summed E-state index contributed by atoms with van der Waals surface area (Å²) in [7, 11) is 0. The van der Waals surface area contributed by atoms with Gasteiger partial charge in [0.25, 0.3) is 0 Å². The summed E-state index contributed by atoms with van der Waals surface area (Å²) in [5.41, 5.74) is 6.05. The Labute approximate surface area is 122 Å². The van der Waals surface area contributed by atoms with Crippen molar-refractivity contribution in [3.05, 3.63) is 0 Å². The van der Waals surface area contributed by atoms with Crippen LogP contribution in [0.2, 0.25) is 0 Å². The van der Waals surface area contributed by atoms with Crippen LogP contribution in [0.25, 0.3) is 0 Å². The molecule has 2 aliphatic heterocycles. The van der Waals surface area contributed by atoms with Gasteiger partial charge in [-0.05, 0) is 58.0 Å². The largest absolute Gasteiger partial charge is 0.338 e. The third kappa shape index (κ3) is 3.17. The Bertz CT molecular complexity index is 341. The fraction of sp³-hybridized carbons (Fsp3) is 0.938. The SMILES string of the molecule is N[C@@H]1CCC[C@@H](C(=O)N2CCC[C@@H]2CN2CCCC2)C1. The van der Waals surface area contributed by atoms with E-state index in [0.29, 0.717) is 11.9 Å². The van der Waals surface area contributed by atoms with Crippen LogP contribution < -0.4 is 5.73 Å². The second-order valence-corrected chi connectivity index (χ2v) is 6.96. The highest BCUT2D eigenvalue weighted by Gasteiger charge is 2.35. The van der Waals surface area contributed by atoms with Crippen LogP contribution in [-0.2, 0) is 4.79 Å². The first-order chi connectivity index (χ1) is 9.74. The summed E-state index contributed by atoms with van der Waals surface area (Å²) in [5.74, 6) is 0.611. The van der Waals surface area contributed by atoms with E-state index in [1.54, 1.807) is 0 Å². The number of hydrogen-bond donors (Lipinski definition) is 1. The highest BCUT2D eigenvalue weighted by atomic mass is 16.2. The Kier molecular flexibility index (Phi) is 4.61. The molecule has 0 bridgehead atoms. The van der Waals surface area contributed by atoms with E-state index >= 15 is 0 Å². The molecule has 3 atom stereocenters. The summed E-state index contributed by atoms with van der Waals surface area (Å²) in [5, 5.41) is 0. The predicted octanol–water partition coefficient (Wildman–Crippen LogP) is 1.59. The number of hydrogen-bond acceptors (Lipinski definition) is 3. The Morgan fingerprint density at radius 1 is 1.00 bits per heavy atom. The molecule has 0 aromatic carbocycles. The minimum atomic E-state index is 0.206. The molecule has 0 radical (unpaired) electrons. The Hall–Kier alpha value is -0.610. The lowest BCUT2D eigenvalue weighted by molar-refractivity contribution is -0.137. The molecule has 2 heterocycles.